The zero-order valence-electron chi connectivity index (χ0n) is 19.5. The van der Waals surface area contributed by atoms with Crippen molar-refractivity contribution in [2.24, 2.45) is 0 Å². The number of nitrogen functional groups attached to an aromatic ring is 1. The van der Waals surface area contributed by atoms with E-state index in [4.69, 9.17) is 22.1 Å². The fourth-order valence-corrected chi connectivity index (χ4v) is 5.22. The third kappa shape index (κ3) is 4.86. The molecule has 37 heavy (non-hydrogen) atoms. The van der Waals surface area contributed by atoms with Crippen molar-refractivity contribution in [3.05, 3.63) is 86.1 Å². The van der Waals surface area contributed by atoms with Gasteiger partial charge in [-0.15, -0.1) is 0 Å². The van der Waals surface area contributed by atoms with Gasteiger partial charge in [-0.2, -0.15) is 5.10 Å². The van der Waals surface area contributed by atoms with Gasteiger partial charge in [0.2, 0.25) is 11.7 Å². The number of carbonyl (C=O) groups is 1. The van der Waals surface area contributed by atoms with E-state index in [1.165, 1.54) is 47.2 Å². The van der Waals surface area contributed by atoms with E-state index in [2.05, 4.69) is 42.4 Å². The van der Waals surface area contributed by atoms with Gasteiger partial charge in [-0.1, -0.05) is 29.6 Å². The predicted molar refractivity (Wildman–Crippen MR) is 154 cm³/mol. The molecule has 3 heterocycles. The van der Waals surface area contributed by atoms with Gasteiger partial charge in [-0.3, -0.25) is 4.79 Å². The third-order valence-electron chi connectivity index (χ3n) is 5.63. The van der Waals surface area contributed by atoms with Crippen molar-refractivity contribution in [3.8, 4) is 17.3 Å². The Balaban J connectivity index is 1.43. The summed E-state index contributed by atoms with van der Waals surface area (Å²) in [7, 11) is 0. The Morgan fingerprint density at radius 3 is 2.81 bits per heavy atom. The Kier molecular flexibility index (Phi) is 7.01. The SMILES string of the molecule is CSNc1cc2[nH]c(C(=O)c3cnn(-c4cnc(Oc5c(F)cccc5Cl)cc4C)c3N)cc2cc1I. The van der Waals surface area contributed by atoms with E-state index >= 15 is 0 Å². The van der Waals surface area contributed by atoms with Crippen LogP contribution in [0.5, 0.6) is 11.6 Å². The van der Waals surface area contributed by atoms with Crippen molar-refractivity contribution in [3.63, 3.8) is 0 Å². The number of rotatable bonds is 7. The summed E-state index contributed by atoms with van der Waals surface area (Å²) < 4.78 is 25.3. The molecule has 5 rings (SSSR count). The topological polar surface area (TPSA) is 111 Å². The van der Waals surface area contributed by atoms with E-state index in [0.29, 0.717) is 16.9 Å². The van der Waals surface area contributed by atoms with E-state index < -0.39 is 5.82 Å². The number of H-pyrrole nitrogens is 1. The van der Waals surface area contributed by atoms with Crippen molar-refractivity contribution >= 4 is 74.3 Å². The maximum absolute atomic E-state index is 14.1. The quantitative estimate of drug-likeness (QED) is 0.102. The minimum absolute atomic E-state index is 0.111. The Labute approximate surface area is 234 Å². The highest BCUT2D eigenvalue weighted by Crippen LogP contribution is 2.33. The molecule has 0 amide bonds. The molecular formula is C25H19ClFIN6O2S. The number of benzene rings is 2. The number of aryl methyl sites for hydroxylation is 1. The first-order chi connectivity index (χ1) is 17.8. The van der Waals surface area contributed by atoms with Crippen molar-refractivity contribution in [1.29, 1.82) is 0 Å². The number of ether oxygens (including phenoxy) is 1. The number of anilines is 2. The molecule has 12 heteroatoms. The molecule has 0 aliphatic rings. The van der Waals surface area contributed by atoms with Crippen LogP contribution in [0.4, 0.5) is 15.9 Å². The van der Waals surface area contributed by atoms with Crippen LogP contribution in [0.15, 0.2) is 54.9 Å². The summed E-state index contributed by atoms with van der Waals surface area (Å²) in [5, 5.41) is 5.37. The highest BCUT2D eigenvalue weighted by molar-refractivity contribution is 14.1. The number of hydrogen-bond acceptors (Lipinski definition) is 7. The lowest BCUT2D eigenvalue weighted by atomic mass is 10.1. The zero-order valence-corrected chi connectivity index (χ0v) is 23.2. The Morgan fingerprint density at radius 2 is 2.08 bits per heavy atom. The molecule has 0 fully saturated rings. The number of nitrogens with two attached hydrogens (primary N) is 1. The second-order valence-electron chi connectivity index (χ2n) is 8.05. The Bertz CT molecular complexity index is 1650. The molecule has 0 atom stereocenters. The molecule has 0 saturated heterocycles. The fraction of sp³-hybridized carbons (Fsp3) is 0.0800. The maximum atomic E-state index is 14.1. The smallest absolute Gasteiger partial charge is 0.219 e. The van der Waals surface area contributed by atoms with E-state index in [-0.39, 0.29) is 33.8 Å². The van der Waals surface area contributed by atoms with Crippen LogP contribution in [-0.2, 0) is 0 Å². The number of carbonyl (C=O) groups excluding carboxylic acids is 1. The molecule has 0 bridgehead atoms. The normalized spacial score (nSPS) is 11.2. The molecule has 8 nitrogen and oxygen atoms in total. The third-order valence-corrected chi connectivity index (χ3v) is 7.24. The molecule has 188 valence electrons. The second-order valence-corrected chi connectivity index (χ2v) is 10.2. The number of ketones is 1. The highest BCUT2D eigenvalue weighted by atomic mass is 127. The van der Waals surface area contributed by atoms with Gasteiger partial charge in [-0.25, -0.2) is 14.1 Å². The predicted octanol–water partition coefficient (Wildman–Crippen LogP) is 6.75. The first-order valence-electron chi connectivity index (χ1n) is 10.8. The molecule has 3 aromatic heterocycles. The van der Waals surface area contributed by atoms with E-state index in [9.17, 15) is 9.18 Å². The summed E-state index contributed by atoms with van der Waals surface area (Å²) in [5.74, 6) is -0.676. The summed E-state index contributed by atoms with van der Waals surface area (Å²) in [4.78, 5) is 20.7. The van der Waals surface area contributed by atoms with Gasteiger partial charge in [0, 0.05) is 26.8 Å². The first kappa shape index (κ1) is 25.4. The average molecular weight is 649 g/mol. The molecule has 0 aliphatic heterocycles. The standard InChI is InChI=1S/C25H19ClFIN6O2S/c1-12-6-22(36-24-15(26)4-3-5-16(24)27)30-11-21(12)34-25(29)14(10-31-34)23(35)20-8-13-7-17(28)19(33-37-2)9-18(13)32-20/h3-11,32-33H,29H2,1-2H3. The monoisotopic (exact) mass is 648 g/mol. The molecule has 0 spiro atoms. The van der Waals surface area contributed by atoms with Gasteiger partial charge in [0.1, 0.15) is 5.82 Å². The molecule has 0 saturated carbocycles. The van der Waals surface area contributed by atoms with Crippen LogP contribution in [-0.4, -0.2) is 31.8 Å². The van der Waals surface area contributed by atoms with Crippen LogP contribution in [0, 0.1) is 16.3 Å². The van der Waals surface area contributed by atoms with Crippen molar-refractivity contribution in [2.45, 2.75) is 6.92 Å². The van der Waals surface area contributed by atoms with Crippen LogP contribution in [0.1, 0.15) is 21.6 Å². The number of pyridine rings is 1. The second kappa shape index (κ2) is 10.2. The van der Waals surface area contributed by atoms with E-state index in [0.717, 1.165) is 20.2 Å². The van der Waals surface area contributed by atoms with E-state index in [1.54, 1.807) is 19.1 Å². The van der Waals surface area contributed by atoms with Crippen LogP contribution in [0.2, 0.25) is 5.02 Å². The molecule has 2 aromatic carbocycles. The molecule has 5 aromatic rings. The van der Waals surface area contributed by atoms with Crippen LogP contribution < -0.4 is 15.2 Å². The van der Waals surface area contributed by atoms with Crippen molar-refractivity contribution < 1.29 is 13.9 Å². The number of fused-ring (bicyclic) bond motifs is 1. The number of nitrogens with zero attached hydrogens (tertiary/aromatic N) is 3. The number of para-hydroxylation sites is 1. The molecule has 0 aliphatic carbocycles. The average Bonchev–Trinajstić information content (AvgIpc) is 3.45. The lowest BCUT2D eigenvalue weighted by Crippen LogP contribution is -2.09. The largest absolute Gasteiger partial charge is 0.434 e. The maximum Gasteiger partial charge on any atom is 0.219 e. The Hall–Kier alpha value is -3.29. The number of nitrogens with one attached hydrogen (secondary N) is 2. The molecule has 4 N–H and O–H groups in total. The zero-order chi connectivity index (χ0) is 26.3. The summed E-state index contributed by atoms with van der Waals surface area (Å²) >= 11 is 9.79. The van der Waals surface area contributed by atoms with Crippen LogP contribution >= 0.6 is 46.1 Å². The number of hydrogen-bond donors (Lipinski definition) is 3. The molecule has 0 radical (unpaired) electrons. The van der Waals surface area contributed by atoms with Crippen molar-refractivity contribution in [1.82, 2.24) is 19.7 Å². The van der Waals surface area contributed by atoms with Gasteiger partial charge >= 0.3 is 0 Å². The summed E-state index contributed by atoms with van der Waals surface area (Å²) in [6.07, 6.45) is 4.86. The van der Waals surface area contributed by atoms with Crippen LogP contribution in [0.25, 0.3) is 16.6 Å². The van der Waals surface area contributed by atoms with Gasteiger partial charge in [0.15, 0.2) is 11.6 Å². The minimum atomic E-state index is -0.598. The summed E-state index contributed by atoms with van der Waals surface area (Å²) in [5.41, 5.74) is 10.0. The van der Waals surface area contributed by atoms with E-state index in [1.807, 2.05) is 18.4 Å². The van der Waals surface area contributed by atoms with Gasteiger partial charge in [0.25, 0.3) is 0 Å². The summed E-state index contributed by atoms with van der Waals surface area (Å²) in [6.45, 7) is 1.80. The fourth-order valence-electron chi connectivity index (χ4n) is 3.82. The first-order valence-corrected chi connectivity index (χ1v) is 13.5. The number of aromatic nitrogens is 4. The van der Waals surface area contributed by atoms with Crippen LogP contribution in [0.3, 0.4) is 0 Å². The number of halogens is 3. The number of aromatic amines is 1. The summed E-state index contributed by atoms with van der Waals surface area (Å²) in [6, 6.07) is 11.6. The van der Waals surface area contributed by atoms with Crippen molar-refractivity contribution in [2.75, 3.05) is 16.7 Å². The lowest BCUT2D eigenvalue weighted by Gasteiger charge is -2.11. The molecular weight excluding hydrogens is 630 g/mol. The highest BCUT2D eigenvalue weighted by Gasteiger charge is 2.21. The Morgan fingerprint density at radius 1 is 1.27 bits per heavy atom. The van der Waals surface area contributed by atoms with Gasteiger partial charge < -0.3 is 20.2 Å². The lowest BCUT2D eigenvalue weighted by molar-refractivity contribution is 0.103. The van der Waals surface area contributed by atoms with Gasteiger partial charge in [0.05, 0.1) is 40.0 Å². The molecule has 0 unspecified atom stereocenters. The minimum Gasteiger partial charge on any atom is -0.434 e. The van der Waals surface area contributed by atoms with Gasteiger partial charge in [-0.05, 0) is 65.4 Å².